The number of anilines is 1. The molecule has 0 aliphatic heterocycles. The number of nitrogens with zero attached hydrogens (tertiary/aromatic N) is 3. The van der Waals surface area contributed by atoms with Gasteiger partial charge in [0.15, 0.2) is 0 Å². The predicted molar refractivity (Wildman–Crippen MR) is 87.4 cm³/mol. The van der Waals surface area contributed by atoms with Crippen molar-refractivity contribution in [3.05, 3.63) is 36.0 Å². The topological polar surface area (TPSA) is 52.0 Å². The maximum Gasteiger partial charge on any atom is 0.103 e. The molecule has 0 saturated heterocycles. The molecule has 0 unspecified atom stereocenters. The fourth-order valence-corrected chi connectivity index (χ4v) is 2.47. The molecule has 0 amide bonds. The Balaban J connectivity index is 2.09. The second-order valence-electron chi connectivity index (χ2n) is 4.98. The third kappa shape index (κ3) is 3.71. The van der Waals surface area contributed by atoms with Crippen LogP contribution in [0, 0.1) is 11.3 Å². The molecular formula is C17H22N4. The van der Waals surface area contributed by atoms with Crippen LogP contribution in [0.4, 0.5) is 5.69 Å². The van der Waals surface area contributed by atoms with Crippen molar-refractivity contribution in [2.24, 2.45) is 0 Å². The van der Waals surface area contributed by atoms with Crippen LogP contribution in [0.15, 0.2) is 30.5 Å². The molecule has 110 valence electrons. The van der Waals surface area contributed by atoms with Crippen LogP contribution < -0.4 is 5.32 Å². The standard InChI is InChI=1S/C17H22N4/c1-3-21(4-2)11-7-10-19-17-14(12-18)13-20-16-9-6-5-8-15(16)17/h5-6,8-9,13H,3-4,7,10-11H2,1-2H3,(H,19,20). The van der Waals surface area contributed by atoms with Crippen molar-refractivity contribution in [1.82, 2.24) is 9.88 Å². The van der Waals surface area contributed by atoms with Gasteiger partial charge in [0, 0.05) is 18.1 Å². The van der Waals surface area contributed by atoms with Gasteiger partial charge in [-0.15, -0.1) is 0 Å². The number of benzene rings is 1. The highest BCUT2D eigenvalue weighted by Gasteiger charge is 2.08. The summed E-state index contributed by atoms with van der Waals surface area (Å²) in [5.41, 5.74) is 2.43. The average Bonchev–Trinajstić information content (AvgIpc) is 2.54. The number of rotatable bonds is 7. The van der Waals surface area contributed by atoms with Gasteiger partial charge in [-0.25, -0.2) is 0 Å². The summed E-state index contributed by atoms with van der Waals surface area (Å²) in [6, 6.07) is 10.1. The van der Waals surface area contributed by atoms with Crippen molar-refractivity contribution in [2.45, 2.75) is 20.3 Å². The molecule has 21 heavy (non-hydrogen) atoms. The number of nitriles is 1. The van der Waals surface area contributed by atoms with Crippen LogP contribution in [0.3, 0.4) is 0 Å². The van der Waals surface area contributed by atoms with Gasteiger partial charge in [0.05, 0.1) is 16.8 Å². The van der Waals surface area contributed by atoms with Crippen LogP contribution in [0.2, 0.25) is 0 Å². The van der Waals surface area contributed by atoms with Gasteiger partial charge < -0.3 is 10.2 Å². The van der Waals surface area contributed by atoms with Crippen molar-refractivity contribution < 1.29 is 0 Å². The van der Waals surface area contributed by atoms with E-state index >= 15 is 0 Å². The van der Waals surface area contributed by atoms with Crippen LogP contribution in [0.25, 0.3) is 10.9 Å². The zero-order valence-corrected chi connectivity index (χ0v) is 12.8. The molecule has 1 aromatic carbocycles. The van der Waals surface area contributed by atoms with E-state index in [1.165, 1.54) is 0 Å². The minimum absolute atomic E-state index is 0.608. The van der Waals surface area contributed by atoms with E-state index in [0.29, 0.717) is 5.56 Å². The molecule has 0 saturated carbocycles. The fraction of sp³-hybridized carbons (Fsp3) is 0.412. The van der Waals surface area contributed by atoms with Crippen LogP contribution in [0.5, 0.6) is 0 Å². The highest BCUT2D eigenvalue weighted by Crippen LogP contribution is 2.25. The number of hydrogen-bond acceptors (Lipinski definition) is 4. The van der Waals surface area contributed by atoms with Crippen LogP contribution in [-0.4, -0.2) is 36.1 Å². The Morgan fingerprint density at radius 1 is 1.24 bits per heavy atom. The summed E-state index contributed by atoms with van der Waals surface area (Å²) in [6.45, 7) is 8.46. The zero-order valence-electron chi connectivity index (χ0n) is 12.8. The zero-order chi connectivity index (χ0) is 15.1. The molecule has 2 aromatic rings. The van der Waals surface area contributed by atoms with E-state index in [0.717, 1.165) is 49.2 Å². The smallest absolute Gasteiger partial charge is 0.103 e. The molecule has 1 aromatic heterocycles. The largest absolute Gasteiger partial charge is 0.383 e. The van der Waals surface area contributed by atoms with Crippen molar-refractivity contribution in [3.63, 3.8) is 0 Å². The lowest BCUT2D eigenvalue weighted by Gasteiger charge is -2.18. The molecule has 1 N–H and O–H groups in total. The van der Waals surface area contributed by atoms with E-state index in [4.69, 9.17) is 0 Å². The molecule has 4 nitrogen and oxygen atoms in total. The average molecular weight is 282 g/mol. The lowest BCUT2D eigenvalue weighted by molar-refractivity contribution is 0.303. The first-order chi connectivity index (χ1) is 10.3. The Labute approximate surface area is 126 Å². The molecule has 0 aliphatic carbocycles. The normalized spacial score (nSPS) is 10.8. The second-order valence-corrected chi connectivity index (χ2v) is 4.98. The molecule has 0 fully saturated rings. The molecule has 0 atom stereocenters. The van der Waals surface area contributed by atoms with E-state index in [2.05, 4.69) is 35.1 Å². The molecule has 0 spiro atoms. The third-order valence-corrected chi connectivity index (χ3v) is 3.74. The minimum Gasteiger partial charge on any atom is -0.383 e. The first-order valence-electron chi connectivity index (χ1n) is 7.54. The Bertz CT molecular complexity index is 626. The molecule has 0 aliphatic rings. The van der Waals surface area contributed by atoms with E-state index in [9.17, 15) is 5.26 Å². The van der Waals surface area contributed by atoms with Gasteiger partial charge in [0.25, 0.3) is 0 Å². The third-order valence-electron chi connectivity index (χ3n) is 3.74. The van der Waals surface area contributed by atoms with Gasteiger partial charge in [-0.05, 0) is 32.1 Å². The van der Waals surface area contributed by atoms with Crippen molar-refractivity contribution in [2.75, 3.05) is 31.5 Å². The van der Waals surface area contributed by atoms with Crippen LogP contribution in [-0.2, 0) is 0 Å². The molecule has 1 heterocycles. The number of hydrogen-bond donors (Lipinski definition) is 1. The summed E-state index contributed by atoms with van der Waals surface area (Å²) >= 11 is 0. The first kappa shape index (κ1) is 15.3. The van der Waals surface area contributed by atoms with Crippen molar-refractivity contribution >= 4 is 16.6 Å². The number of pyridine rings is 1. The van der Waals surface area contributed by atoms with Crippen molar-refractivity contribution in [1.29, 1.82) is 5.26 Å². The van der Waals surface area contributed by atoms with E-state index < -0.39 is 0 Å². The van der Waals surface area contributed by atoms with Gasteiger partial charge in [-0.3, -0.25) is 4.98 Å². The molecule has 4 heteroatoms. The van der Waals surface area contributed by atoms with E-state index in [1.54, 1.807) is 6.20 Å². The van der Waals surface area contributed by atoms with Gasteiger partial charge in [-0.1, -0.05) is 32.0 Å². The Morgan fingerprint density at radius 2 is 2.00 bits per heavy atom. The van der Waals surface area contributed by atoms with Crippen molar-refractivity contribution in [3.8, 4) is 6.07 Å². The summed E-state index contributed by atoms with van der Waals surface area (Å²) in [5.74, 6) is 0. The Kier molecular flexibility index (Phi) is 5.53. The minimum atomic E-state index is 0.608. The number of nitrogens with one attached hydrogen (secondary N) is 1. The maximum absolute atomic E-state index is 9.26. The highest BCUT2D eigenvalue weighted by atomic mass is 15.1. The summed E-state index contributed by atoms with van der Waals surface area (Å²) in [4.78, 5) is 6.73. The molecule has 0 radical (unpaired) electrons. The van der Waals surface area contributed by atoms with Gasteiger partial charge in [0.1, 0.15) is 6.07 Å². The molecule has 2 rings (SSSR count). The predicted octanol–water partition coefficient (Wildman–Crippen LogP) is 3.25. The number of fused-ring (bicyclic) bond motifs is 1. The van der Waals surface area contributed by atoms with Gasteiger partial charge >= 0.3 is 0 Å². The highest BCUT2D eigenvalue weighted by molar-refractivity contribution is 5.93. The maximum atomic E-state index is 9.26. The summed E-state index contributed by atoms with van der Waals surface area (Å²) in [5, 5.41) is 13.7. The Hall–Kier alpha value is -2.12. The van der Waals surface area contributed by atoms with Gasteiger partial charge in [-0.2, -0.15) is 5.26 Å². The van der Waals surface area contributed by atoms with Crippen LogP contribution in [0.1, 0.15) is 25.8 Å². The first-order valence-corrected chi connectivity index (χ1v) is 7.54. The van der Waals surface area contributed by atoms with Gasteiger partial charge in [0.2, 0.25) is 0 Å². The SMILES string of the molecule is CCN(CC)CCCNc1c(C#N)cnc2ccccc12. The van der Waals surface area contributed by atoms with E-state index in [-0.39, 0.29) is 0 Å². The lowest BCUT2D eigenvalue weighted by atomic mass is 10.1. The molecule has 0 bridgehead atoms. The fourth-order valence-electron chi connectivity index (χ4n) is 2.47. The summed E-state index contributed by atoms with van der Waals surface area (Å²) < 4.78 is 0. The summed E-state index contributed by atoms with van der Waals surface area (Å²) in [6.07, 6.45) is 2.71. The monoisotopic (exact) mass is 282 g/mol. The van der Waals surface area contributed by atoms with E-state index in [1.807, 2.05) is 24.3 Å². The van der Waals surface area contributed by atoms with Crippen LogP contribution >= 0.6 is 0 Å². The summed E-state index contributed by atoms with van der Waals surface area (Å²) in [7, 11) is 0. The lowest BCUT2D eigenvalue weighted by Crippen LogP contribution is -2.25. The quantitative estimate of drug-likeness (QED) is 0.792. The number of aromatic nitrogens is 1. The Morgan fingerprint density at radius 3 is 2.71 bits per heavy atom. The number of para-hydroxylation sites is 1. The molecular weight excluding hydrogens is 260 g/mol. The second kappa shape index (κ2) is 7.61.